The van der Waals surface area contributed by atoms with E-state index in [2.05, 4.69) is 12.6 Å². The van der Waals surface area contributed by atoms with Gasteiger partial charge < -0.3 is 10.6 Å². The van der Waals surface area contributed by atoms with Gasteiger partial charge in [0.1, 0.15) is 0 Å². The van der Waals surface area contributed by atoms with Crippen LogP contribution in [0.3, 0.4) is 0 Å². The van der Waals surface area contributed by atoms with Crippen molar-refractivity contribution in [2.75, 3.05) is 18.8 Å². The summed E-state index contributed by atoms with van der Waals surface area (Å²) in [6.07, 6.45) is 0. The molecule has 0 aromatic heterocycles. The Bertz CT molecular complexity index is 195. The number of nitrogens with two attached hydrogens (primary N) is 1. The number of amides is 2. The molecular weight excluding hydrogens is 188 g/mol. The van der Waals surface area contributed by atoms with Crippen molar-refractivity contribution in [3.8, 4) is 0 Å². The molecule has 0 fully saturated rings. The smallest absolute Gasteiger partial charge is 0.237 e. The Balaban J connectivity index is 4.18. The van der Waals surface area contributed by atoms with Crippen LogP contribution in [0.25, 0.3) is 0 Å². The van der Waals surface area contributed by atoms with Crippen molar-refractivity contribution in [3.05, 3.63) is 0 Å². The Morgan fingerprint density at radius 2 is 2.00 bits per heavy atom. The minimum absolute atomic E-state index is 0.0163. The number of thiol groups is 1. The molecule has 0 aliphatic carbocycles. The molecule has 76 valence electrons. The minimum atomic E-state index is -0.490. The third-order valence-electron chi connectivity index (χ3n) is 1.42. The van der Waals surface area contributed by atoms with Gasteiger partial charge in [-0.15, -0.1) is 0 Å². The molecule has 0 saturated carbocycles. The van der Waals surface area contributed by atoms with Gasteiger partial charge in [-0.3, -0.25) is 9.59 Å². The molecule has 0 spiro atoms. The van der Waals surface area contributed by atoms with Gasteiger partial charge in [0, 0.05) is 6.54 Å². The maximum Gasteiger partial charge on any atom is 0.237 e. The second-order valence-electron chi connectivity index (χ2n) is 3.29. The van der Waals surface area contributed by atoms with Gasteiger partial charge in [0.2, 0.25) is 11.8 Å². The highest BCUT2D eigenvalue weighted by molar-refractivity contribution is 7.81. The van der Waals surface area contributed by atoms with Crippen molar-refractivity contribution in [2.24, 2.45) is 11.7 Å². The molecule has 0 saturated heterocycles. The zero-order valence-corrected chi connectivity index (χ0v) is 8.88. The molecule has 0 bridgehead atoms. The number of primary amides is 1. The van der Waals surface area contributed by atoms with Gasteiger partial charge in [-0.1, -0.05) is 13.8 Å². The molecule has 2 N–H and O–H groups in total. The van der Waals surface area contributed by atoms with E-state index in [1.165, 1.54) is 4.90 Å². The predicted molar refractivity (Wildman–Crippen MR) is 54.5 cm³/mol. The van der Waals surface area contributed by atoms with E-state index in [-0.39, 0.29) is 18.2 Å². The Morgan fingerprint density at radius 3 is 2.31 bits per heavy atom. The van der Waals surface area contributed by atoms with Gasteiger partial charge >= 0.3 is 0 Å². The Labute approximate surface area is 83.9 Å². The summed E-state index contributed by atoms with van der Waals surface area (Å²) in [6, 6.07) is 0. The van der Waals surface area contributed by atoms with Crippen LogP contribution in [0.15, 0.2) is 0 Å². The Morgan fingerprint density at radius 1 is 1.46 bits per heavy atom. The average molecular weight is 204 g/mol. The van der Waals surface area contributed by atoms with E-state index in [0.29, 0.717) is 12.5 Å². The van der Waals surface area contributed by atoms with E-state index >= 15 is 0 Å². The number of rotatable bonds is 5. The molecule has 0 unspecified atom stereocenters. The van der Waals surface area contributed by atoms with E-state index < -0.39 is 5.91 Å². The van der Waals surface area contributed by atoms with Crippen molar-refractivity contribution in [3.63, 3.8) is 0 Å². The maximum absolute atomic E-state index is 11.2. The largest absolute Gasteiger partial charge is 0.368 e. The molecule has 0 radical (unpaired) electrons. The van der Waals surface area contributed by atoms with Crippen molar-refractivity contribution in [2.45, 2.75) is 13.8 Å². The molecule has 0 aromatic carbocycles. The topological polar surface area (TPSA) is 63.4 Å². The SMILES string of the molecule is CC(C)CN(CC(N)=O)C(=O)CS. The highest BCUT2D eigenvalue weighted by atomic mass is 32.1. The summed E-state index contributed by atoms with van der Waals surface area (Å²) in [5.41, 5.74) is 5.00. The molecule has 2 amide bonds. The van der Waals surface area contributed by atoms with Gasteiger partial charge in [0.15, 0.2) is 0 Å². The van der Waals surface area contributed by atoms with Crippen LogP contribution in [-0.4, -0.2) is 35.6 Å². The Kier molecular flexibility index (Phi) is 5.53. The molecule has 0 aliphatic rings. The van der Waals surface area contributed by atoms with Crippen LogP contribution in [-0.2, 0) is 9.59 Å². The minimum Gasteiger partial charge on any atom is -0.368 e. The highest BCUT2D eigenvalue weighted by Crippen LogP contribution is 1.99. The number of nitrogens with zero attached hydrogens (tertiary/aromatic N) is 1. The van der Waals surface area contributed by atoms with Crippen LogP contribution in [0.2, 0.25) is 0 Å². The summed E-state index contributed by atoms with van der Waals surface area (Å²) in [5.74, 6) is -0.213. The standard InChI is InChI=1S/C8H16N2O2S/c1-6(2)3-10(4-7(9)11)8(12)5-13/h6,13H,3-5H2,1-2H3,(H2,9,11). The normalized spacial score (nSPS) is 10.2. The first-order valence-electron chi connectivity index (χ1n) is 4.14. The monoisotopic (exact) mass is 204 g/mol. The van der Waals surface area contributed by atoms with Crippen LogP contribution in [0.4, 0.5) is 0 Å². The molecule has 0 heterocycles. The van der Waals surface area contributed by atoms with E-state index in [9.17, 15) is 9.59 Å². The quantitative estimate of drug-likeness (QED) is 0.614. The van der Waals surface area contributed by atoms with Crippen molar-refractivity contribution in [1.82, 2.24) is 4.90 Å². The number of carbonyl (C=O) groups excluding carboxylic acids is 2. The first-order valence-corrected chi connectivity index (χ1v) is 4.77. The fourth-order valence-corrected chi connectivity index (χ4v) is 1.18. The first kappa shape index (κ1) is 12.3. The van der Waals surface area contributed by atoms with Crippen LogP contribution >= 0.6 is 12.6 Å². The molecule has 5 heteroatoms. The van der Waals surface area contributed by atoms with Crippen molar-refractivity contribution in [1.29, 1.82) is 0 Å². The van der Waals surface area contributed by atoms with E-state index in [0.717, 1.165) is 0 Å². The lowest BCUT2D eigenvalue weighted by Crippen LogP contribution is -2.41. The van der Waals surface area contributed by atoms with Crippen LogP contribution in [0, 0.1) is 5.92 Å². The molecule has 0 aliphatic heterocycles. The summed E-state index contributed by atoms with van der Waals surface area (Å²) in [5, 5.41) is 0. The van der Waals surface area contributed by atoms with Gasteiger partial charge in [-0.05, 0) is 5.92 Å². The molecule has 0 atom stereocenters. The van der Waals surface area contributed by atoms with Crippen LogP contribution in [0.5, 0.6) is 0 Å². The summed E-state index contributed by atoms with van der Waals surface area (Å²) >= 11 is 3.86. The van der Waals surface area contributed by atoms with Crippen LogP contribution < -0.4 is 5.73 Å². The first-order chi connectivity index (χ1) is 5.97. The third kappa shape index (κ3) is 5.52. The van der Waals surface area contributed by atoms with E-state index in [1.807, 2.05) is 13.8 Å². The summed E-state index contributed by atoms with van der Waals surface area (Å²) in [4.78, 5) is 23.3. The van der Waals surface area contributed by atoms with Gasteiger partial charge in [-0.2, -0.15) is 12.6 Å². The fraction of sp³-hybridized carbons (Fsp3) is 0.750. The molecular formula is C8H16N2O2S. The summed E-state index contributed by atoms with van der Waals surface area (Å²) < 4.78 is 0. The Hall–Kier alpha value is -0.710. The lowest BCUT2D eigenvalue weighted by atomic mass is 10.2. The highest BCUT2D eigenvalue weighted by Gasteiger charge is 2.14. The lowest BCUT2D eigenvalue weighted by Gasteiger charge is -2.22. The third-order valence-corrected chi connectivity index (χ3v) is 1.69. The zero-order chi connectivity index (χ0) is 10.4. The number of hydrogen-bond acceptors (Lipinski definition) is 3. The van der Waals surface area contributed by atoms with Gasteiger partial charge in [0.05, 0.1) is 12.3 Å². The van der Waals surface area contributed by atoms with E-state index in [4.69, 9.17) is 5.73 Å². The van der Waals surface area contributed by atoms with E-state index in [1.54, 1.807) is 0 Å². The average Bonchev–Trinajstić information content (AvgIpc) is 2.00. The predicted octanol–water partition coefficient (Wildman–Crippen LogP) is -0.114. The second kappa shape index (κ2) is 5.85. The zero-order valence-electron chi connectivity index (χ0n) is 7.99. The molecule has 0 rings (SSSR count). The maximum atomic E-state index is 11.2. The molecule has 13 heavy (non-hydrogen) atoms. The second-order valence-corrected chi connectivity index (χ2v) is 3.61. The fourth-order valence-electron chi connectivity index (χ4n) is 0.983. The van der Waals surface area contributed by atoms with Crippen molar-refractivity contribution >= 4 is 24.4 Å². The van der Waals surface area contributed by atoms with Gasteiger partial charge in [-0.25, -0.2) is 0 Å². The number of carbonyl (C=O) groups is 2. The molecule has 4 nitrogen and oxygen atoms in total. The van der Waals surface area contributed by atoms with Crippen LogP contribution in [0.1, 0.15) is 13.8 Å². The van der Waals surface area contributed by atoms with Gasteiger partial charge in [0.25, 0.3) is 0 Å². The number of hydrogen-bond donors (Lipinski definition) is 2. The summed E-state index contributed by atoms with van der Waals surface area (Å²) in [6.45, 7) is 4.47. The lowest BCUT2D eigenvalue weighted by molar-refractivity contribution is -0.133. The molecule has 0 aromatic rings. The summed E-state index contributed by atoms with van der Waals surface area (Å²) in [7, 11) is 0. The van der Waals surface area contributed by atoms with Crippen molar-refractivity contribution < 1.29 is 9.59 Å².